The maximum absolute atomic E-state index is 12.6. The lowest BCUT2D eigenvalue weighted by Crippen LogP contribution is -2.35. The number of ether oxygens (including phenoxy) is 3. The van der Waals surface area contributed by atoms with Crippen molar-refractivity contribution in [1.82, 2.24) is 0 Å². The monoisotopic (exact) mass is 458 g/mol. The largest absolute Gasteiger partial charge is 0.439 e. The van der Waals surface area contributed by atoms with Crippen LogP contribution in [0.4, 0.5) is 10.5 Å². The normalized spacial score (nSPS) is 26.9. The van der Waals surface area contributed by atoms with Gasteiger partial charge in [-0.3, -0.25) is 4.79 Å². The molecule has 182 valence electrons. The molecular weight excluding hydrogens is 420 g/mol. The van der Waals surface area contributed by atoms with Crippen LogP contribution in [0.2, 0.25) is 0 Å². The molecule has 3 unspecified atom stereocenters. The highest BCUT2D eigenvalue weighted by atomic mass is 16.6. The Bertz CT molecular complexity index is 849. The van der Waals surface area contributed by atoms with Crippen LogP contribution in [0, 0.1) is 0 Å². The molecule has 2 amide bonds. The number of nitrogens with two attached hydrogens (primary N) is 1. The Kier molecular flexibility index (Phi) is 11.1. The molecule has 7 heteroatoms. The first-order valence-corrected chi connectivity index (χ1v) is 11.6. The lowest BCUT2D eigenvalue weighted by molar-refractivity contribution is -0.112. The molecule has 3 atom stereocenters. The molecule has 0 saturated heterocycles. The van der Waals surface area contributed by atoms with E-state index in [1.165, 1.54) is 5.56 Å². The van der Waals surface area contributed by atoms with Crippen LogP contribution in [-0.2, 0) is 25.4 Å². The Morgan fingerprint density at radius 2 is 1.82 bits per heavy atom. The zero-order valence-corrected chi connectivity index (χ0v) is 20.3. The van der Waals surface area contributed by atoms with Gasteiger partial charge in [0.15, 0.2) is 6.10 Å². The first kappa shape index (κ1) is 26.6. The fourth-order valence-electron chi connectivity index (χ4n) is 4.10. The maximum Gasteiger partial charge on any atom is 0.405 e. The van der Waals surface area contributed by atoms with Crippen LogP contribution in [0.15, 0.2) is 47.6 Å². The summed E-state index contributed by atoms with van der Waals surface area (Å²) >= 11 is 0. The van der Waals surface area contributed by atoms with Crippen LogP contribution in [0.1, 0.15) is 57.9 Å². The fourth-order valence-corrected chi connectivity index (χ4v) is 4.10. The summed E-state index contributed by atoms with van der Waals surface area (Å²) in [6.45, 7) is 3.71. The van der Waals surface area contributed by atoms with E-state index in [0.29, 0.717) is 18.4 Å². The molecule has 0 fully saturated rings. The smallest absolute Gasteiger partial charge is 0.405 e. The van der Waals surface area contributed by atoms with Gasteiger partial charge in [0, 0.05) is 25.5 Å². The quantitative estimate of drug-likeness (QED) is 0.627. The second kappa shape index (κ2) is 13.8. The number of allylic oxidation sites excluding steroid dienone is 2. The van der Waals surface area contributed by atoms with E-state index < -0.39 is 12.2 Å². The summed E-state index contributed by atoms with van der Waals surface area (Å²) in [5.41, 5.74) is 8.82. The summed E-state index contributed by atoms with van der Waals surface area (Å²) < 4.78 is 16.7. The van der Waals surface area contributed by atoms with Gasteiger partial charge in [0.1, 0.15) is 0 Å². The molecule has 0 aliphatic carbocycles. The van der Waals surface area contributed by atoms with Crippen molar-refractivity contribution in [3.05, 3.63) is 53.1 Å². The van der Waals surface area contributed by atoms with Crippen LogP contribution in [0.25, 0.3) is 0 Å². The number of rotatable bonds is 3. The molecule has 1 aromatic carbocycles. The summed E-state index contributed by atoms with van der Waals surface area (Å²) in [6, 6.07) is 7.98. The summed E-state index contributed by atoms with van der Waals surface area (Å²) in [5.74, 6) is -0.139. The Morgan fingerprint density at radius 3 is 2.52 bits per heavy atom. The van der Waals surface area contributed by atoms with Crippen LogP contribution in [0.5, 0.6) is 0 Å². The van der Waals surface area contributed by atoms with Gasteiger partial charge in [0.25, 0.3) is 5.91 Å². The number of fused-ring (bicyclic) bond motifs is 2. The molecule has 1 aromatic rings. The first-order valence-electron chi connectivity index (χ1n) is 11.6. The van der Waals surface area contributed by atoms with E-state index in [1.54, 1.807) is 21.1 Å². The Morgan fingerprint density at radius 1 is 1.06 bits per heavy atom. The molecule has 3 N–H and O–H groups in total. The molecule has 1 aliphatic rings. The van der Waals surface area contributed by atoms with Crippen molar-refractivity contribution >= 4 is 17.7 Å². The molecule has 2 rings (SSSR count). The molecule has 0 radical (unpaired) electrons. The minimum Gasteiger partial charge on any atom is -0.439 e. The number of anilines is 1. The van der Waals surface area contributed by atoms with E-state index in [0.717, 1.165) is 43.4 Å². The Balaban J connectivity index is 2.26. The number of hydrogen-bond acceptors (Lipinski definition) is 5. The van der Waals surface area contributed by atoms with E-state index in [1.807, 2.05) is 31.2 Å². The third kappa shape index (κ3) is 9.02. The van der Waals surface area contributed by atoms with Crippen molar-refractivity contribution in [1.29, 1.82) is 0 Å². The average Bonchev–Trinajstić information content (AvgIpc) is 2.78. The molecule has 1 aliphatic heterocycles. The van der Waals surface area contributed by atoms with Crippen molar-refractivity contribution in [2.75, 3.05) is 19.5 Å². The Hall–Kier alpha value is -2.64. The van der Waals surface area contributed by atoms with Crippen LogP contribution >= 0.6 is 0 Å². The number of nitrogens with one attached hydrogen (secondary N) is 1. The number of carbonyl (C=O) groups excluding carboxylic acids is 2. The molecule has 1 heterocycles. The maximum atomic E-state index is 12.6. The van der Waals surface area contributed by atoms with Crippen molar-refractivity contribution in [2.45, 2.75) is 77.1 Å². The number of carbonyl (C=O) groups is 2. The molecule has 7 nitrogen and oxygen atoms in total. The zero-order chi connectivity index (χ0) is 24.2. The van der Waals surface area contributed by atoms with Gasteiger partial charge in [0.2, 0.25) is 0 Å². The standard InChI is InChI=1S/C26H38N2O5/c1-18-9-5-14-22(31-3)15-8-12-20-11-7-13-21(17-20)28-25(29)19(2)10-6-16-23(32-4)24(18)33-26(27)30/h7,9-11,13,17,22-24H,5-6,8,12,14-16H2,1-4H3,(H2,27,30)(H,28,29)/b18-9+,19-10+. The van der Waals surface area contributed by atoms with Gasteiger partial charge in [0.05, 0.1) is 12.2 Å². The average molecular weight is 459 g/mol. The van der Waals surface area contributed by atoms with E-state index in [9.17, 15) is 9.59 Å². The van der Waals surface area contributed by atoms with Crippen LogP contribution in [-0.4, -0.2) is 44.5 Å². The van der Waals surface area contributed by atoms with Gasteiger partial charge >= 0.3 is 6.09 Å². The molecular formula is C26H38N2O5. The SMILES string of the molecule is COC1CC/C=C(\C)C(OC(N)=O)C(OC)CC/C=C(\C)C(=O)Nc2cccc(c2)CCC1. The van der Waals surface area contributed by atoms with E-state index in [2.05, 4.69) is 17.5 Å². The number of aryl methyl sites for hydroxylation is 1. The van der Waals surface area contributed by atoms with Crippen molar-refractivity contribution in [3.63, 3.8) is 0 Å². The number of amides is 2. The van der Waals surface area contributed by atoms with Crippen LogP contribution in [0.3, 0.4) is 0 Å². The van der Waals surface area contributed by atoms with Crippen molar-refractivity contribution in [2.24, 2.45) is 5.73 Å². The highest BCUT2D eigenvalue weighted by Crippen LogP contribution is 2.22. The lowest BCUT2D eigenvalue weighted by atomic mass is 9.98. The minimum absolute atomic E-state index is 0.139. The zero-order valence-electron chi connectivity index (χ0n) is 20.3. The summed E-state index contributed by atoms with van der Waals surface area (Å²) in [7, 11) is 3.32. The third-order valence-corrected chi connectivity index (χ3v) is 6.06. The fraction of sp³-hybridized carbons (Fsp3) is 0.538. The lowest BCUT2D eigenvalue weighted by Gasteiger charge is -2.26. The summed E-state index contributed by atoms with van der Waals surface area (Å²) in [4.78, 5) is 24.2. The van der Waals surface area contributed by atoms with Gasteiger partial charge < -0.3 is 25.3 Å². The van der Waals surface area contributed by atoms with Gasteiger partial charge in [-0.25, -0.2) is 4.79 Å². The van der Waals surface area contributed by atoms with E-state index in [-0.39, 0.29) is 18.1 Å². The van der Waals surface area contributed by atoms with Gasteiger partial charge in [-0.15, -0.1) is 0 Å². The van der Waals surface area contributed by atoms with E-state index >= 15 is 0 Å². The highest BCUT2D eigenvalue weighted by molar-refractivity contribution is 6.03. The third-order valence-electron chi connectivity index (χ3n) is 6.06. The second-order valence-electron chi connectivity index (χ2n) is 8.53. The second-order valence-corrected chi connectivity index (χ2v) is 8.53. The molecule has 0 spiro atoms. The van der Waals surface area contributed by atoms with Crippen molar-refractivity contribution in [3.8, 4) is 0 Å². The minimum atomic E-state index is -0.837. The summed E-state index contributed by atoms with van der Waals surface area (Å²) in [6.07, 6.45) is 7.95. The van der Waals surface area contributed by atoms with Crippen LogP contribution < -0.4 is 11.1 Å². The van der Waals surface area contributed by atoms with E-state index in [4.69, 9.17) is 19.9 Å². The highest BCUT2D eigenvalue weighted by Gasteiger charge is 2.26. The Labute approximate surface area is 197 Å². The predicted molar refractivity (Wildman–Crippen MR) is 130 cm³/mol. The molecule has 0 aromatic heterocycles. The number of benzene rings is 1. The van der Waals surface area contributed by atoms with Gasteiger partial charge in [-0.1, -0.05) is 24.3 Å². The number of hydrogen-bond donors (Lipinski definition) is 2. The molecule has 33 heavy (non-hydrogen) atoms. The predicted octanol–water partition coefficient (Wildman–Crippen LogP) is 4.91. The van der Waals surface area contributed by atoms with Crippen molar-refractivity contribution < 1.29 is 23.8 Å². The van der Waals surface area contributed by atoms with Gasteiger partial charge in [-0.2, -0.15) is 0 Å². The number of primary amides is 1. The first-order chi connectivity index (χ1) is 15.8. The molecule has 2 bridgehead atoms. The van der Waals surface area contributed by atoms with Gasteiger partial charge in [-0.05, 0) is 82.1 Å². The number of methoxy groups -OCH3 is 2. The topological polar surface area (TPSA) is 99.9 Å². The summed E-state index contributed by atoms with van der Waals surface area (Å²) in [5, 5.41) is 2.97. The molecule has 0 saturated carbocycles.